The van der Waals surface area contributed by atoms with Crippen LogP contribution in [-0.4, -0.2) is 53.7 Å². The van der Waals surface area contributed by atoms with Gasteiger partial charge in [-0.25, -0.2) is 15.2 Å². The Labute approximate surface area is 157 Å². The molecule has 3 rings (SSSR count). The molecule has 8 heteroatoms. The number of rotatable bonds is 5. The Morgan fingerprint density at radius 2 is 2.11 bits per heavy atom. The normalized spacial score (nSPS) is 16.5. The van der Waals surface area contributed by atoms with E-state index < -0.39 is 6.17 Å². The lowest BCUT2D eigenvalue weighted by Gasteiger charge is -2.27. The van der Waals surface area contributed by atoms with Crippen molar-refractivity contribution in [2.75, 3.05) is 32.0 Å². The second kappa shape index (κ2) is 8.32. The van der Waals surface area contributed by atoms with Gasteiger partial charge in [0.1, 0.15) is 12.0 Å². The number of nitrogens with one attached hydrogen (secondary N) is 1. The average molecular weight is 372 g/mol. The van der Waals surface area contributed by atoms with E-state index in [1.165, 1.54) is 11.2 Å². The standard InChI is InChI=1S/C19H25FN6O/c1-25(22)17(10-21)13-2-3-14-11-23-18(9-15(14)8-13)24-19(27)12-26-6-4-16(20)5-7-26/h2-3,8-11,16H,4-7,12,21-22H2,1H3,(H,23,24,27)/b17-10-. The van der Waals surface area contributed by atoms with Crippen molar-refractivity contribution in [3.8, 4) is 0 Å². The lowest BCUT2D eigenvalue weighted by Crippen LogP contribution is -2.39. The zero-order chi connectivity index (χ0) is 19.4. The summed E-state index contributed by atoms with van der Waals surface area (Å²) in [4.78, 5) is 18.5. The predicted octanol–water partition coefficient (Wildman–Crippen LogP) is 1.67. The molecule has 1 aromatic heterocycles. The van der Waals surface area contributed by atoms with E-state index in [4.69, 9.17) is 11.6 Å². The number of hydrogen-bond acceptors (Lipinski definition) is 6. The van der Waals surface area contributed by atoms with E-state index in [1.807, 2.05) is 29.2 Å². The van der Waals surface area contributed by atoms with Crippen molar-refractivity contribution in [1.29, 1.82) is 0 Å². The van der Waals surface area contributed by atoms with E-state index >= 15 is 0 Å². The van der Waals surface area contributed by atoms with Gasteiger partial charge in [0.05, 0.1) is 12.2 Å². The Kier molecular flexibility index (Phi) is 5.88. The molecular weight excluding hydrogens is 347 g/mol. The van der Waals surface area contributed by atoms with Crippen LogP contribution >= 0.6 is 0 Å². The number of pyridine rings is 1. The number of halogens is 1. The summed E-state index contributed by atoms with van der Waals surface area (Å²) in [7, 11) is 1.72. The van der Waals surface area contributed by atoms with Gasteiger partial charge in [-0.2, -0.15) is 0 Å². The van der Waals surface area contributed by atoms with Crippen molar-refractivity contribution >= 4 is 28.2 Å². The van der Waals surface area contributed by atoms with E-state index in [0.29, 0.717) is 37.4 Å². The molecule has 0 aliphatic carbocycles. The van der Waals surface area contributed by atoms with Crippen molar-refractivity contribution in [2.45, 2.75) is 19.0 Å². The van der Waals surface area contributed by atoms with E-state index in [2.05, 4.69) is 10.3 Å². The summed E-state index contributed by atoms with van der Waals surface area (Å²) in [6, 6.07) is 7.60. The molecule has 0 bridgehead atoms. The quantitative estimate of drug-likeness (QED) is 0.545. The summed E-state index contributed by atoms with van der Waals surface area (Å²) in [6.45, 7) is 1.44. The van der Waals surface area contributed by atoms with Gasteiger partial charge in [-0.3, -0.25) is 9.69 Å². The van der Waals surface area contributed by atoms with Crippen LogP contribution in [0, 0.1) is 0 Å². The van der Waals surface area contributed by atoms with E-state index in [0.717, 1.165) is 16.3 Å². The van der Waals surface area contributed by atoms with Gasteiger partial charge < -0.3 is 16.1 Å². The Morgan fingerprint density at radius 1 is 1.37 bits per heavy atom. The molecule has 1 amide bonds. The molecule has 1 fully saturated rings. The van der Waals surface area contributed by atoms with Crippen LogP contribution < -0.4 is 16.9 Å². The molecule has 1 aliphatic rings. The first-order chi connectivity index (χ1) is 13.0. The molecule has 144 valence electrons. The fraction of sp³-hybridized carbons (Fsp3) is 0.368. The maximum Gasteiger partial charge on any atom is 0.239 e. The third-order valence-corrected chi connectivity index (χ3v) is 4.71. The Balaban J connectivity index is 1.72. The van der Waals surface area contributed by atoms with Crippen molar-refractivity contribution in [3.63, 3.8) is 0 Å². The van der Waals surface area contributed by atoms with Gasteiger partial charge in [-0.05, 0) is 30.4 Å². The number of carbonyl (C=O) groups excluding carboxylic acids is 1. The van der Waals surface area contributed by atoms with Crippen molar-refractivity contribution in [1.82, 2.24) is 14.9 Å². The van der Waals surface area contributed by atoms with Gasteiger partial charge in [0, 0.05) is 43.5 Å². The highest BCUT2D eigenvalue weighted by molar-refractivity contribution is 5.94. The molecule has 0 atom stereocenters. The summed E-state index contributed by atoms with van der Waals surface area (Å²) in [6.07, 6.45) is 3.38. The zero-order valence-corrected chi connectivity index (χ0v) is 15.4. The van der Waals surface area contributed by atoms with E-state index in [9.17, 15) is 9.18 Å². The monoisotopic (exact) mass is 372 g/mol. The second-order valence-electron chi connectivity index (χ2n) is 6.79. The maximum atomic E-state index is 13.2. The summed E-state index contributed by atoms with van der Waals surface area (Å²) < 4.78 is 13.2. The van der Waals surface area contributed by atoms with E-state index in [1.54, 1.807) is 13.2 Å². The summed E-state index contributed by atoms with van der Waals surface area (Å²) in [5.41, 5.74) is 7.22. The SMILES string of the molecule is CN(N)/C(=C\N)c1ccc2cnc(NC(=O)CN3CCC(F)CC3)cc2c1. The van der Waals surface area contributed by atoms with Crippen LogP contribution in [0.15, 0.2) is 36.7 Å². The number of hydrazine groups is 1. The first kappa shape index (κ1) is 19.1. The molecule has 2 aromatic rings. The number of nitrogens with two attached hydrogens (primary N) is 2. The Bertz CT molecular complexity index is 845. The van der Waals surface area contributed by atoms with E-state index in [-0.39, 0.29) is 12.5 Å². The third kappa shape index (κ3) is 4.72. The fourth-order valence-electron chi connectivity index (χ4n) is 3.23. The maximum absolute atomic E-state index is 13.2. The number of nitrogens with zero attached hydrogens (tertiary/aromatic N) is 3. The molecule has 1 aliphatic heterocycles. The van der Waals surface area contributed by atoms with Crippen LogP contribution in [0.2, 0.25) is 0 Å². The molecule has 5 N–H and O–H groups in total. The number of anilines is 1. The number of aromatic nitrogens is 1. The minimum atomic E-state index is -0.749. The predicted molar refractivity (Wildman–Crippen MR) is 105 cm³/mol. The molecule has 0 spiro atoms. The van der Waals surface area contributed by atoms with Gasteiger partial charge in [0.2, 0.25) is 5.91 Å². The summed E-state index contributed by atoms with van der Waals surface area (Å²) in [5.74, 6) is 6.13. The van der Waals surface area contributed by atoms with Crippen molar-refractivity contribution < 1.29 is 9.18 Å². The minimum Gasteiger partial charge on any atom is -0.403 e. The largest absolute Gasteiger partial charge is 0.403 e. The summed E-state index contributed by atoms with van der Waals surface area (Å²) >= 11 is 0. The smallest absolute Gasteiger partial charge is 0.239 e. The highest BCUT2D eigenvalue weighted by atomic mass is 19.1. The topological polar surface area (TPSA) is 101 Å². The van der Waals surface area contributed by atoms with Crippen LogP contribution in [0.3, 0.4) is 0 Å². The molecular formula is C19H25FN6O. The van der Waals surface area contributed by atoms with Gasteiger partial charge in [0.25, 0.3) is 0 Å². The number of carbonyl (C=O) groups is 1. The lowest BCUT2D eigenvalue weighted by atomic mass is 10.1. The van der Waals surface area contributed by atoms with Crippen LogP contribution in [-0.2, 0) is 4.79 Å². The van der Waals surface area contributed by atoms with Crippen LogP contribution in [0.25, 0.3) is 16.5 Å². The second-order valence-corrected chi connectivity index (χ2v) is 6.79. The first-order valence-corrected chi connectivity index (χ1v) is 8.93. The zero-order valence-electron chi connectivity index (χ0n) is 15.4. The number of hydrogen-bond donors (Lipinski definition) is 3. The number of benzene rings is 1. The Hall–Kier alpha value is -2.71. The summed E-state index contributed by atoms with van der Waals surface area (Å²) in [5, 5.41) is 6.12. The number of fused-ring (bicyclic) bond motifs is 1. The third-order valence-electron chi connectivity index (χ3n) is 4.71. The van der Waals surface area contributed by atoms with Crippen molar-refractivity contribution in [2.24, 2.45) is 11.6 Å². The fourth-order valence-corrected chi connectivity index (χ4v) is 3.23. The van der Waals surface area contributed by atoms with Crippen LogP contribution in [0.1, 0.15) is 18.4 Å². The van der Waals surface area contributed by atoms with Gasteiger partial charge >= 0.3 is 0 Å². The number of amides is 1. The number of piperidine rings is 1. The molecule has 2 heterocycles. The van der Waals surface area contributed by atoms with Gasteiger partial charge in [-0.1, -0.05) is 12.1 Å². The van der Waals surface area contributed by atoms with Crippen molar-refractivity contribution in [3.05, 3.63) is 42.2 Å². The van der Waals surface area contributed by atoms with Crippen LogP contribution in [0.5, 0.6) is 0 Å². The molecule has 0 radical (unpaired) electrons. The highest BCUT2D eigenvalue weighted by Crippen LogP contribution is 2.23. The highest BCUT2D eigenvalue weighted by Gasteiger charge is 2.20. The lowest BCUT2D eigenvalue weighted by molar-refractivity contribution is -0.117. The van der Waals surface area contributed by atoms with Gasteiger partial charge in [-0.15, -0.1) is 0 Å². The molecule has 27 heavy (non-hydrogen) atoms. The Morgan fingerprint density at radius 3 is 2.78 bits per heavy atom. The number of alkyl halides is 1. The van der Waals surface area contributed by atoms with Gasteiger partial charge in [0.15, 0.2) is 0 Å². The molecule has 1 saturated heterocycles. The minimum absolute atomic E-state index is 0.153. The molecule has 7 nitrogen and oxygen atoms in total. The number of likely N-dealkylation sites (tertiary alicyclic amines) is 1. The van der Waals surface area contributed by atoms with Crippen LogP contribution in [0.4, 0.5) is 10.2 Å². The molecule has 0 saturated carbocycles. The average Bonchev–Trinajstić information content (AvgIpc) is 2.63. The first-order valence-electron chi connectivity index (χ1n) is 8.93. The molecule has 1 aromatic carbocycles. The molecule has 0 unspecified atom stereocenters.